The Hall–Kier alpha value is -3.83. The quantitative estimate of drug-likeness (QED) is 0.244. The molecule has 0 bridgehead atoms. The smallest absolute Gasteiger partial charge is 0.271 e. The molecule has 1 saturated heterocycles. The molecule has 0 radical (unpaired) electrons. The van der Waals surface area contributed by atoms with Crippen molar-refractivity contribution in [1.29, 1.82) is 0 Å². The zero-order valence-corrected chi connectivity index (χ0v) is 19.1. The maximum absolute atomic E-state index is 13.6. The summed E-state index contributed by atoms with van der Waals surface area (Å²) in [6.07, 6.45) is 3.90. The Morgan fingerprint density at radius 1 is 0.939 bits per heavy atom. The highest BCUT2D eigenvalue weighted by atomic mass is 32.2. The van der Waals surface area contributed by atoms with Gasteiger partial charge in [0.05, 0.1) is 16.3 Å². The van der Waals surface area contributed by atoms with Crippen LogP contribution in [0.15, 0.2) is 107 Å². The van der Waals surface area contributed by atoms with Crippen LogP contribution in [0.5, 0.6) is 0 Å². The van der Waals surface area contributed by atoms with Crippen molar-refractivity contribution in [2.24, 2.45) is 4.99 Å². The summed E-state index contributed by atoms with van der Waals surface area (Å²) in [5.74, 6) is -0.0687. The summed E-state index contributed by atoms with van der Waals surface area (Å²) in [4.78, 5) is 20.8. The first kappa shape index (κ1) is 21.0. The summed E-state index contributed by atoms with van der Waals surface area (Å²) in [5, 5.41) is 1.77. The van der Waals surface area contributed by atoms with Gasteiger partial charge in [-0.25, -0.2) is 4.99 Å². The first-order valence-corrected chi connectivity index (χ1v) is 11.6. The minimum atomic E-state index is -0.0687. The number of aromatic nitrogens is 1. The van der Waals surface area contributed by atoms with E-state index < -0.39 is 0 Å². The standard InChI is InChI=1S/C28H23N3OS/c1-3-18-30-20(2)24(23-16-10-11-17-25(23)30)19-26-27(32)31(22-14-8-5-9-15-22)28(33-26)29-21-12-6-4-7-13-21/h3-17,19H,1,18H2,2H3/b26-19-,29-28?. The molecule has 0 aliphatic carbocycles. The van der Waals surface area contributed by atoms with Crippen LogP contribution in [-0.4, -0.2) is 15.6 Å². The van der Waals surface area contributed by atoms with Crippen LogP contribution in [0, 0.1) is 6.92 Å². The maximum Gasteiger partial charge on any atom is 0.271 e. The van der Waals surface area contributed by atoms with Gasteiger partial charge in [-0.2, -0.15) is 0 Å². The van der Waals surface area contributed by atoms with Gasteiger partial charge in [0.25, 0.3) is 5.91 Å². The molecule has 5 heteroatoms. The van der Waals surface area contributed by atoms with Crippen molar-refractivity contribution in [3.8, 4) is 0 Å². The Balaban J connectivity index is 1.64. The molecule has 0 N–H and O–H groups in total. The predicted octanol–water partition coefficient (Wildman–Crippen LogP) is 6.94. The number of benzene rings is 3. The van der Waals surface area contributed by atoms with Crippen molar-refractivity contribution in [2.45, 2.75) is 13.5 Å². The Labute approximate surface area is 197 Å². The second-order valence-corrected chi connectivity index (χ2v) is 8.74. The van der Waals surface area contributed by atoms with Gasteiger partial charge in [-0.1, -0.05) is 60.7 Å². The third kappa shape index (κ3) is 3.92. The van der Waals surface area contributed by atoms with Crippen LogP contribution in [0.2, 0.25) is 0 Å². The van der Waals surface area contributed by atoms with Gasteiger partial charge in [-0.3, -0.25) is 9.69 Å². The van der Waals surface area contributed by atoms with E-state index in [2.05, 4.69) is 30.2 Å². The minimum Gasteiger partial charge on any atom is -0.340 e. The first-order valence-electron chi connectivity index (χ1n) is 10.8. The number of amides is 1. The highest BCUT2D eigenvalue weighted by molar-refractivity contribution is 8.19. The van der Waals surface area contributed by atoms with Gasteiger partial charge < -0.3 is 4.57 Å². The fourth-order valence-corrected chi connectivity index (χ4v) is 5.08. The second kappa shape index (κ2) is 8.96. The largest absolute Gasteiger partial charge is 0.340 e. The molecule has 0 spiro atoms. The lowest BCUT2D eigenvalue weighted by Gasteiger charge is -2.15. The van der Waals surface area contributed by atoms with Gasteiger partial charge in [-0.05, 0) is 55.1 Å². The number of amidine groups is 1. The average Bonchev–Trinajstić information content (AvgIpc) is 3.29. The van der Waals surface area contributed by atoms with E-state index in [1.54, 1.807) is 4.90 Å². The topological polar surface area (TPSA) is 37.6 Å². The van der Waals surface area contributed by atoms with Crippen LogP contribution in [0.4, 0.5) is 11.4 Å². The fourth-order valence-electron chi connectivity index (χ4n) is 4.10. The van der Waals surface area contributed by atoms with E-state index in [0.717, 1.165) is 33.5 Å². The van der Waals surface area contributed by atoms with Gasteiger partial charge in [0.1, 0.15) is 0 Å². The van der Waals surface area contributed by atoms with E-state index in [9.17, 15) is 4.79 Å². The number of hydrogen-bond acceptors (Lipinski definition) is 3. The molecule has 1 aromatic heterocycles. The zero-order chi connectivity index (χ0) is 22.8. The molecule has 1 fully saturated rings. The zero-order valence-electron chi connectivity index (χ0n) is 18.3. The monoisotopic (exact) mass is 449 g/mol. The first-order chi connectivity index (χ1) is 16.2. The average molecular weight is 450 g/mol. The Morgan fingerprint density at radius 2 is 1.61 bits per heavy atom. The van der Waals surface area contributed by atoms with Gasteiger partial charge in [0.15, 0.2) is 5.17 Å². The number of para-hydroxylation sites is 3. The third-order valence-electron chi connectivity index (χ3n) is 5.67. The Bertz CT molecular complexity index is 1400. The number of rotatable bonds is 5. The fraction of sp³-hybridized carbons (Fsp3) is 0.0714. The summed E-state index contributed by atoms with van der Waals surface area (Å²) in [7, 11) is 0. The van der Waals surface area contributed by atoms with Crippen LogP contribution >= 0.6 is 11.8 Å². The van der Waals surface area contributed by atoms with Crippen molar-refractivity contribution in [3.63, 3.8) is 0 Å². The number of allylic oxidation sites excluding steroid dienone is 1. The maximum atomic E-state index is 13.6. The number of fused-ring (bicyclic) bond motifs is 1. The SMILES string of the molecule is C=CCn1c(C)c(/C=C2\SC(=Nc3ccccc3)N(c3ccccc3)C2=O)c2ccccc21. The lowest BCUT2D eigenvalue weighted by Crippen LogP contribution is -2.28. The molecule has 1 aliphatic rings. The van der Waals surface area contributed by atoms with Crippen molar-refractivity contribution in [3.05, 3.63) is 114 Å². The summed E-state index contributed by atoms with van der Waals surface area (Å²) >= 11 is 1.41. The van der Waals surface area contributed by atoms with Crippen LogP contribution in [0.25, 0.3) is 17.0 Å². The molecule has 4 aromatic rings. The molecule has 1 amide bonds. The van der Waals surface area contributed by atoms with Gasteiger partial charge in [0.2, 0.25) is 0 Å². The van der Waals surface area contributed by atoms with E-state index in [-0.39, 0.29) is 5.91 Å². The Morgan fingerprint density at radius 3 is 2.33 bits per heavy atom. The van der Waals surface area contributed by atoms with Gasteiger partial charge in [0, 0.05) is 28.7 Å². The molecule has 0 saturated carbocycles. The van der Waals surface area contributed by atoms with Gasteiger partial charge >= 0.3 is 0 Å². The number of nitrogens with zero attached hydrogens (tertiary/aromatic N) is 3. The van der Waals surface area contributed by atoms with Gasteiger partial charge in [-0.15, -0.1) is 6.58 Å². The normalized spacial score (nSPS) is 16.3. The highest BCUT2D eigenvalue weighted by Crippen LogP contribution is 2.39. The molecular formula is C28H23N3OS. The third-order valence-corrected chi connectivity index (χ3v) is 6.64. The summed E-state index contributed by atoms with van der Waals surface area (Å²) in [6, 6.07) is 27.7. The van der Waals surface area contributed by atoms with Crippen molar-refractivity contribution in [2.75, 3.05) is 4.90 Å². The summed E-state index contributed by atoms with van der Waals surface area (Å²) in [6.45, 7) is 6.71. The van der Waals surface area contributed by atoms with Crippen LogP contribution in [-0.2, 0) is 11.3 Å². The van der Waals surface area contributed by atoms with E-state index in [1.165, 1.54) is 11.8 Å². The number of anilines is 1. The molecule has 1 aliphatic heterocycles. The second-order valence-electron chi connectivity index (χ2n) is 7.73. The molecule has 0 atom stereocenters. The number of carbonyl (C=O) groups is 1. The van der Waals surface area contributed by atoms with Crippen molar-refractivity contribution < 1.29 is 4.79 Å². The van der Waals surface area contributed by atoms with Crippen LogP contribution in [0.3, 0.4) is 0 Å². The van der Waals surface area contributed by atoms with E-state index in [0.29, 0.717) is 16.6 Å². The lowest BCUT2D eigenvalue weighted by molar-refractivity contribution is -0.113. The minimum absolute atomic E-state index is 0.0687. The number of carbonyl (C=O) groups excluding carboxylic acids is 1. The number of hydrogen-bond donors (Lipinski definition) is 0. The predicted molar refractivity (Wildman–Crippen MR) is 140 cm³/mol. The van der Waals surface area contributed by atoms with E-state index in [4.69, 9.17) is 4.99 Å². The molecule has 0 unspecified atom stereocenters. The molecule has 3 aromatic carbocycles. The van der Waals surface area contributed by atoms with E-state index in [1.807, 2.05) is 84.9 Å². The molecule has 33 heavy (non-hydrogen) atoms. The summed E-state index contributed by atoms with van der Waals surface area (Å²) in [5.41, 5.74) is 4.91. The van der Waals surface area contributed by atoms with Crippen molar-refractivity contribution in [1.82, 2.24) is 4.57 Å². The van der Waals surface area contributed by atoms with E-state index >= 15 is 0 Å². The molecular weight excluding hydrogens is 426 g/mol. The summed E-state index contributed by atoms with van der Waals surface area (Å²) < 4.78 is 2.23. The number of aliphatic imine (C=N–C) groups is 1. The Kier molecular flexibility index (Phi) is 5.71. The molecule has 4 nitrogen and oxygen atoms in total. The molecule has 2 heterocycles. The highest BCUT2D eigenvalue weighted by Gasteiger charge is 2.35. The van der Waals surface area contributed by atoms with Crippen LogP contribution < -0.4 is 4.90 Å². The van der Waals surface area contributed by atoms with Crippen LogP contribution in [0.1, 0.15) is 11.3 Å². The lowest BCUT2D eigenvalue weighted by atomic mass is 10.1. The molecule has 5 rings (SSSR count). The van der Waals surface area contributed by atoms with Crippen molar-refractivity contribution >= 4 is 51.2 Å². The number of thioether (sulfide) groups is 1. The molecule has 162 valence electrons.